The quantitative estimate of drug-likeness (QED) is 0.489. The molecule has 0 aromatic carbocycles. The Balaban J connectivity index is 2.03. The third-order valence-electron chi connectivity index (χ3n) is 3.42. The molecule has 0 radical (unpaired) electrons. The molecule has 0 aromatic rings. The van der Waals surface area contributed by atoms with E-state index in [2.05, 4.69) is 20.8 Å². The van der Waals surface area contributed by atoms with Crippen LogP contribution in [0.25, 0.3) is 0 Å². The molecule has 1 heterocycles. The fourth-order valence-electron chi connectivity index (χ4n) is 2.11. The molecule has 2 fully saturated rings. The molecule has 1 nitrogen and oxygen atoms in total. The summed E-state index contributed by atoms with van der Waals surface area (Å²) in [6, 6.07) is 0. The monoisotopic (exact) mass is 154 g/mol. The molecule has 64 valence electrons. The smallest absolute Gasteiger partial charge is 0.0920 e. The SMILES string of the molecule is CC1(C)CCC2OC2(C)CC1. The number of hydrogen-bond donors (Lipinski definition) is 0. The lowest BCUT2D eigenvalue weighted by Gasteiger charge is -2.22. The summed E-state index contributed by atoms with van der Waals surface area (Å²) in [6.45, 7) is 7.02. The summed E-state index contributed by atoms with van der Waals surface area (Å²) in [5.74, 6) is 0. The van der Waals surface area contributed by atoms with Crippen molar-refractivity contribution in [2.75, 3.05) is 0 Å². The summed E-state index contributed by atoms with van der Waals surface area (Å²) in [4.78, 5) is 0. The summed E-state index contributed by atoms with van der Waals surface area (Å²) in [5, 5.41) is 0. The van der Waals surface area contributed by atoms with E-state index in [0.29, 0.717) is 11.5 Å². The zero-order valence-corrected chi connectivity index (χ0v) is 7.81. The van der Waals surface area contributed by atoms with Crippen LogP contribution >= 0.6 is 0 Å². The molecule has 0 spiro atoms. The summed E-state index contributed by atoms with van der Waals surface area (Å²) in [5.41, 5.74) is 0.855. The molecule has 11 heavy (non-hydrogen) atoms. The maximum absolute atomic E-state index is 5.64. The standard InChI is InChI=1S/C10H18O/c1-9(2)5-4-8-10(3,11-8)7-6-9/h8H,4-7H2,1-3H3. The van der Waals surface area contributed by atoms with E-state index in [0.717, 1.165) is 0 Å². The first-order valence-corrected chi connectivity index (χ1v) is 4.70. The Labute approximate surface area is 69.1 Å². The second-order valence-corrected chi connectivity index (χ2v) is 5.12. The lowest BCUT2D eigenvalue weighted by Crippen LogP contribution is -2.12. The van der Waals surface area contributed by atoms with Crippen molar-refractivity contribution in [1.82, 2.24) is 0 Å². The van der Waals surface area contributed by atoms with Crippen LogP contribution in [0.3, 0.4) is 0 Å². The number of fused-ring (bicyclic) bond motifs is 1. The Morgan fingerprint density at radius 2 is 1.82 bits per heavy atom. The van der Waals surface area contributed by atoms with Gasteiger partial charge in [0.05, 0.1) is 11.7 Å². The van der Waals surface area contributed by atoms with Crippen LogP contribution < -0.4 is 0 Å². The van der Waals surface area contributed by atoms with Gasteiger partial charge in [0.2, 0.25) is 0 Å². The van der Waals surface area contributed by atoms with E-state index in [1.165, 1.54) is 25.7 Å². The second-order valence-electron chi connectivity index (χ2n) is 5.12. The van der Waals surface area contributed by atoms with E-state index in [1.54, 1.807) is 0 Å². The van der Waals surface area contributed by atoms with Crippen LogP contribution in [-0.4, -0.2) is 11.7 Å². The second kappa shape index (κ2) is 2.01. The molecule has 2 unspecified atom stereocenters. The maximum Gasteiger partial charge on any atom is 0.0920 e. The van der Waals surface area contributed by atoms with Crippen LogP contribution in [0.15, 0.2) is 0 Å². The Morgan fingerprint density at radius 3 is 2.55 bits per heavy atom. The average molecular weight is 154 g/mol. The van der Waals surface area contributed by atoms with Gasteiger partial charge >= 0.3 is 0 Å². The lowest BCUT2D eigenvalue weighted by molar-refractivity contribution is 0.213. The van der Waals surface area contributed by atoms with E-state index in [1.807, 2.05) is 0 Å². The van der Waals surface area contributed by atoms with Crippen molar-refractivity contribution >= 4 is 0 Å². The maximum atomic E-state index is 5.64. The van der Waals surface area contributed by atoms with E-state index in [9.17, 15) is 0 Å². The zero-order chi connectivity index (χ0) is 8.11. The minimum Gasteiger partial charge on any atom is -0.366 e. The molecule has 2 rings (SSSR count). The first kappa shape index (κ1) is 7.60. The van der Waals surface area contributed by atoms with Gasteiger partial charge in [-0.25, -0.2) is 0 Å². The molecular weight excluding hydrogens is 136 g/mol. The summed E-state index contributed by atoms with van der Waals surface area (Å²) in [7, 11) is 0. The minimum atomic E-state index is 0.285. The Bertz CT molecular complexity index is 169. The number of hydrogen-bond acceptors (Lipinski definition) is 1. The van der Waals surface area contributed by atoms with Gasteiger partial charge in [0.25, 0.3) is 0 Å². The van der Waals surface area contributed by atoms with Crippen LogP contribution in [0.4, 0.5) is 0 Å². The fourth-order valence-corrected chi connectivity index (χ4v) is 2.11. The Hall–Kier alpha value is -0.0400. The number of ether oxygens (including phenoxy) is 1. The third-order valence-corrected chi connectivity index (χ3v) is 3.42. The van der Waals surface area contributed by atoms with Gasteiger partial charge in [0.1, 0.15) is 0 Å². The van der Waals surface area contributed by atoms with Gasteiger partial charge in [-0.15, -0.1) is 0 Å². The fraction of sp³-hybridized carbons (Fsp3) is 1.00. The molecule has 1 aliphatic carbocycles. The van der Waals surface area contributed by atoms with Crippen molar-refractivity contribution in [3.05, 3.63) is 0 Å². The van der Waals surface area contributed by atoms with Crippen molar-refractivity contribution in [2.45, 2.75) is 58.2 Å². The topological polar surface area (TPSA) is 12.5 Å². The van der Waals surface area contributed by atoms with Crippen molar-refractivity contribution in [3.8, 4) is 0 Å². The van der Waals surface area contributed by atoms with Gasteiger partial charge in [-0.1, -0.05) is 13.8 Å². The Morgan fingerprint density at radius 1 is 1.09 bits per heavy atom. The van der Waals surface area contributed by atoms with Crippen LogP contribution in [0.5, 0.6) is 0 Å². The van der Waals surface area contributed by atoms with Gasteiger partial charge < -0.3 is 4.74 Å². The van der Waals surface area contributed by atoms with Crippen LogP contribution in [0.2, 0.25) is 0 Å². The number of epoxide rings is 1. The van der Waals surface area contributed by atoms with E-state index < -0.39 is 0 Å². The predicted octanol–water partition coefficient (Wildman–Crippen LogP) is 2.74. The average Bonchev–Trinajstić information content (AvgIpc) is 2.55. The molecular formula is C10H18O. The molecule has 1 saturated heterocycles. The van der Waals surface area contributed by atoms with Crippen LogP contribution in [0, 0.1) is 5.41 Å². The van der Waals surface area contributed by atoms with Crippen LogP contribution in [0.1, 0.15) is 46.5 Å². The van der Waals surface area contributed by atoms with Crippen molar-refractivity contribution in [2.24, 2.45) is 5.41 Å². The normalized spacial score (nSPS) is 47.7. The number of rotatable bonds is 0. The Kier molecular flexibility index (Phi) is 1.39. The van der Waals surface area contributed by atoms with Crippen molar-refractivity contribution in [1.29, 1.82) is 0 Å². The summed E-state index contributed by atoms with van der Waals surface area (Å²) >= 11 is 0. The highest BCUT2D eigenvalue weighted by atomic mass is 16.6. The van der Waals surface area contributed by atoms with E-state index in [4.69, 9.17) is 4.74 Å². The first-order chi connectivity index (χ1) is 5.02. The summed E-state index contributed by atoms with van der Waals surface area (Å²) < 4.78 is 5.64. The van der Waals surface area contributed by atoms with Crippen molar-refractivity contribution in [3.63, 3.8) is 0 Å². The molecule has 0 bridgehead atoms. The molecule has 0 amide bonds. The highest BCUT2D eigenvalue weighted by Gasteiger charge is 2.53. The predicted molar refractivity (Wildman–Crippen MR) is 45.5 cm³/mol. The third kappa shape index (κ3) is 1.31. The van der Waals surface area contributed by atoms with Gasteiger partial charge in [0, 0.05) is 0 Å². The van der Waals surface area contributed by atoms with E-state index in [-0.39, 0.29) is 5.60 Å². The first-order valence-electron chi connectivity index (χ1n) is 4.70. The largest absolute Gasteiger partial charge is 0.366 e. The lowest BCUT2D eigenvalue weighted by atomic mass is 9.84. The minimum absolute atomic E-state index is 0.285. The molecule has 1 aliphatic heterocycles. The van der Waals surface area contributed by atoms with Gasteiger partial charge in [-0.05, 0) is 38.0 Å². The highest BCUT2D eigenvalue weighted by molar-refractivity contribution is 5.02. The molecule has 0 N–H and O–H groups in total. The molecule has 2 atom stereocenters. The molecule has 1 heteroatoms. The van der Waals surface area contributed by atoms with Gasteiger partial charge in [0.15, 0.2) is 0 Å². The highest BCUT2D eigenvalue weighted by Crippen LogP contribution is 2.50. The van der Waals surface area contributed by atoms with Crippen LogP contribution in [-0.2, 0) is 4.74 Å². The van der Waals surface area contributed by atoms with Gasteiger partial charge in [-0.2, -0.15) is 0 Å². The van der Waals surface area contributed by atoms with E-state index >= 15 is 0 Å². The molecule has 0 aromatic heterocycles. The summed E-state index contributed by atoms with van der Waals surface area (Å²) in [6.07, 6.45) is 5.82. The van der Waals surface area contributed by atoms with Gasteiger partial charge in [-0.3, -0.25) is 0 Å². The zero-order valence-electron chi connectivity index (χ0n) is 7.81. The molecule has 1 saturated carbocycles. The van der Waals surface area contributed by atoms with Crippen molar-refractivity contribution < 1.29 is 4.74 Å². The molecule has 2 aliphatic rings.